The van der Waals surface area contributed by atoms with E-state index in [0.29, 0.717) is 18.9 Å². The van der Waals surface area contributed by atoms with E-state index in [0.717, 1.165) is 39.0 Å². The van der Waals surface area contributed by atoms with Crippen LogP contribution in [0.4, 0.5) is 0 Å². The van der Waals surface area contributed by atoms with E-state index in [1.54, 1.807) is 0 Å². The molecule has 5 heteroatoms. The van der Waals surface area contributed by atoms with Gasteiger partial charge in [-0.1, -0.05) is 6.92 Å². The Hall–Kier alpha value is -0.650. The van der Waals surface area contributed by atoms with Crippen LogP contribution in [0.1, 0.15) is 52.9 Å². The summed E-state index contributed by atoms with van der Waals surface area (Å²) in [7, 11) is 2.06. The lowest BCUT2D eigenvalue weighted by Gasteiger charge is -2.30. The fourth-order valence-electron chi connectivity index (χ4n) is 2.50. The Labute approximate surface area is 129 Å². The van der Waals surface area contributed by atoms with E-state index < -0.39 is 11.5 Å². The summed E-state index contributed by atoms with van der Waals surface area (Å²) in [5, 5.41) is 12.9. The second-order valence-corrected chi connectivity index (χ2v) is 6.49. The molecule has 0 aromatic rings. The molecule has 1 aliphatic carbocycles. The molecule has 1 aliphatic rings. The van der Waals surface area contributed by atoms with Gasteiger partial charge >= 0.3 is 5.97 Å². The van der Waals surface area contributed by atoms with Crippen LogP contribution in [0.5, 0.6) is 0 Å². The fraction of sp³-hybridized carbons (Fsp3) is 0.938. The van der Waals surface area contributed by atoms with Gasteiger partial charge in [-0.2, -0.15) is 0 Å². The summed E-state index contributed by atoms with van der Waals surface area (Å²) in [5.41, 5.74) is -0.740. The second kappa shape index (κ2) is 8.71. The van der Waals surface area contributed by atoms with Gasteiger partial charge in [0.15, 0.2) is 0 Å². The molecule has 0 radical (unpaired) electrons. The van der Waals surface area contributed by atoms with Crippen LogP contribution in [-0.2, 0) is 9.53 Å². The average molecular weight is 300 g/mol. The quantitative estimate of drug-likeness (QED) is 0.578. The zero-order chi connectivity index (χ0) is 15.9. The lowest BCUT2D eigenvalue weighted by Crippen LogP contribution is -2.53. The van der Waals surface area contributed by atoms with E-state index in [4.69, 9.17) is 4.74 Å². The van der Waals surface area contributed by atoms with Crippen LogP contribution in [0, 0.1) is 0 Å². The number of aliphatic carboxylic acids is 1. The maximum absolute atomic E-state index is 11.6. The first-order valence-corrected chi connectivity index (χ1v) is 8.21. The minimum absolute atomic E-state index is 0.265. The summed E-state index contributed by atoms with van der Waals surface area (Å²) in [5.74, 6) is -0.706. The van der Waals surface area contributed by atoms with E-state index in [1.807, 2.05) is 20.8 Å². The van der Waals surface area contributed by atoms with Crippen molar-refractivity contribution in [3.05, 3.63) is 0 Å². The molecule has 1 rings (SSSR count). The third-order valence-corrected chi connectivity index (χ3v) is 4.14. The molecule has 1 fully saturated rings. The summed E-state index contributed by atoms with van der Waals surface area (Å²) in [4.78, 5) is 13.9. The fourth-order valence-corrected chi connectivity index (χ4v) is 2.50. The number of carboxylic acids is 1. The molecule has 5 nitrogen and oxygen atoms in total. The maximum atomic E-state index is 11.6. The molecule has 0 aromatic heterocycles. The molecule has 1 unspecified atom stereocenters. The van der Waals surface area contributed by atoms with Gasteiger partial charge in [0.25, 0.3) is 0 Å². The molecule has 0 aromatic carbocycles. The van der Waals surface area contributed by atoms with Crippen LogP contribution in [0.2, 0.25) is 0 Å². The monoisotopic (exact) mass is 300 g/mol. The number of hydrogen-bond acceptors (Lipinski definition) is 4. The average Bonchev–Trinajstić information content (AvgIpc) is 3.20. The molecule has 0 heterocycles. The predicted octanol–water partition coefficient (Wildman–Crippen LogP) is 2.11. The lowest BCUT2D eigenvalue weighted by molar-refractivity contribution is -0.145. The number of likely N-dealkylation sites (N-methyl/N-ethyl adjacent to an activating group) is 1. The van der Waals surface area contributed by atoms with E-state index in [9.17, 15) is 9.90 Å². The number of nitrogens with zero attached hydrogens (tertiary/aromatic N) is 1. The standard InChI is InChI=1S/C16H32N2O3/c1-5-16(15(19)20,17-14-7-8-14)9-6-10-18(4)11-12-21-13(2)3/h13-14,17H,5-12H2,1-4H3,(H,19,20). The van der Waals surface area contributed by atoms with Crippen LogP contribution in [0.15, 0.2) is 0 Å². The Balaban J connectivity index is 2.30. The van der Waals surface area contributed by atoms with Gasteiger partial charge in [-0.05, 0) is 59.5 Å². The van der Waals surface area contributed by atoms with E-state index in [1.165, 1.54) is 0 Å². The molecule has 1 saturated carbocycles. The highest BCUT2D eigenvalue weighted by Gasteiger charge is 2.40. The summed E-state index contributed by atoms with van der Waals surface area (Å²) < 4.78 is 5.53. The van der Waals surface area contributed by atoms with E-state index in [-0.39, 0.29) is 6.10 Å². The Morgan fingerprint density at radius 3 is 2.57 bits per heavy atom. The highest BCUT2D eigenvalue weighted by Crippen LogP contribution is 2.27. The largest absolute Gasteiger partial charge is 0.480 e. The topological polar surface area (TPSA) is 61.8 Å². The van der Waals surface area contributed by atoms with Crippen LogP contribution in [-0.4, -0.2) is 60.4 Å². The summed E-state index contributed by atoms with van der Waals surface area (Å²) >= 11 is 0. The van der Waals surface area contributed by atoms with Crippen LogP contribution < -0.4 is 5.32 Å². The number of ether oxygens (including phenoxy) is 1. The highest BCUT2D eigenvalue weighted by atomic mass is 16.5. The van der Waals surface area contributed by atoms with Crippen molar-refractivity contribution in [2.45, 2.75) is 70.6 Å². The van der Waals surface area contributed by atoms with Crippen LogP contribution >= 0.6 is 0 Å². The van der Waals surface area contributed by atoms with Gasteiger partial charge in [0.05, 0.1) is 12.7 Å². The smallest absolute Gasteiger partial charge is 0.323 e. The minimum Gasteiger partial charge on any atom is -0.480 e. The van der Waals surface area contributed by atoms with Crippen molar-refractivity contribution in [2.24, 2.45) is 0 Å². The normalized spacial score (nSPS) is 18.2. The van der Waals surface area contributed by atoms with Crippen molar-refractivity contribution in [3.8, 4) is 0 Å². The SMILES string of the molecule is CCC(CCCN(C)CCOC(C)C)(NC1CC1)C(=O)O. The third-order valence-electron chi connectivity index (χ3n) is 4.14. The molecular weight excluding hydrogens is 268 g/mol. The predicted molar refractivity (Wildman–Crippen MR) is 84.6 cm³/mol. The molecule has 21 heavy (non-hydrogen) atoms. The van der Waals surface area contributed by atoms with Gasteiger partial charge in [0.2, 0.25) is 0 Å². The molecule has 0 bridgehead atoms. The number of nitrogens with one attached hydrogen (secondary N) is 1. The molecule has 0 aliphatic heterocycles. The number of hydrogen-bond donors (Lipinski definition) is 2. The number of rotatable bonds is 12. The van der Waals surface area contributed by atoms with Crippen molar-refractivity contribution in [1.82, 2.24) is 10.2 Å². The van der Waals surface area contributed by atoms with Crippen LogP contribution in [0.25, 0.3) is 0 Å². The van der Waals surface area contributed by atoms with Crippen molar-refractivity contribution < 1.29 is 14.6 Å². The van der Waals surface area contributed by atoms with E-state index in [2.05, 4.69) is 17.3 Å². The first kappa shape index (κ1) is 18.4. The zero-order valence-corrected chi connectivity index (χ0v) is 14.0. The second-order valence-electron chi connectivity index (χ2n) is 6.49. The van der Waals surface area contributed by atoms with Gasteiger partial charge in [-0.25, -0.2) is 0 Å². The first-order chi connectivity index (χ1) is 9.89. The summed E-state index contributed by atoms with van der Waals surface area (Å²) in [6, 6.07) is 0.415. The zero-order valence-electron chi connectivity index (χ0n) is 14.0. The summed E-state index contributed by atoms with van der Waals surface area (Å²) in [6.07, 6.45) is 4.70. The van der Waals surface area contributed by atoms with Crippen molar-refractivity contribution in [1.29, 1.82) is 0 Å². The van der Waals surface area contributed by atoms with Gasteiger partial charge in [0, 0.05) is 12.6 Å². The van der Waals surface area contributed by atoms with Crippen molar-refractivity contribution in [3.63, 3.8) is 0 Å². The van der Waals surface area contributed by atoms with E-state index >= 15 is 0 Å². The Morgan fingerprint density at radius 1 is 1.43 bits per heavy atom. The lowest BCUT2D eigenvalue weighted by atomic mass is 9.90. The van der Waals surface area contributed by atoms with Gasteiger partial charge in [-0.15, -0.1) is 0 Å². The highest BCUT2D eigenvalue weighted by molar-refractivity contribution is 5.78. The third kappa shape index (κ3) is 6.76. The first-order valence-electron chi connectivity index (χ1n) is 8.21. The number of carbonyl (C=O) groups is 1. The molecule has 0 amide bonds. The van der Waals surface area contributed by atoms with Gasteiger partial charge in [-0.3, -0.25) is 10.1 Å². The molecule has 124 valence electrons. The van der Waals surface area contributed by atoms with Gasteiger partial charge < -0.3 is 14.7 Å². The molecule has 0 saturated heterocycles. The minimum atomic E-state index is -0.740. The Bertz CT molecular complexity index is 319. The molecule has 2 N–H and O–H groups in total. The Kier molecular flexibility index (Phi) is 7.63. The summed E-state index contributed by atoms with van der Waals surface area (Å²) in [6.45, 7) is 8.55. The molecular formula is C16H32N2O3. The molecule has 1 atom stereocenters. The number of carboxylic acid groups (broad SMARTS) is 1. The Morgan fingerprint density at radius 2 is 2.10 bits per heavy atom. The van der Waals surface area contributed by atoms with Crippen molar-refractivity contribution >= 4 is 5.97 Å². The van der Waals surface area contributed by atoms with Gasteiger partial charge in [0.1, 0.15) is 5.54 Å². The van der Waals surface area contributed by atoms with Crippen molar-refractivity contribution in [2.75, 3.05) is 26.7 Å². The molecule has 0 spiro atoms. The van der Waals surface area contributed by atoms with Crippen LogP contribution in [0.3, 0.4) is 0 Å². The maximum Gasteiger partial charge on any atom is 0.323 e.